The van der Waals surface area contributed by atoms with E-state index < -0.39 is 6.10 Å². The van der Waals surface area contributed by atoms with Gasteiger partial charge in [-0.1, -0.05) is 60.7 Å². The minimum atomic E-state index is -0.948. The highest BCUT2D eigenvalue weighted by Gasteiger charge is 2.32. The number of carbonyl (C=O) groups excluding carboxylic acids is 2. The zero-order chi connectivity index (χ0) is 20.8. The summed E-state index contributed by atoms with van der Waals surface area (Å²) in [7, 11) is 0. The molecule has 152 valence electrons. The van der Waals surface area contributed by atoms with Crippen molar-refractivity contribution in [3.8, 4) is 0 Å². The summed E-state index contributed by atoms with van der Waals surface area (Å²) < 4.78 is 5.79. The molecule has 1 unspecified atom stereocenters. The summed E-state index contributed by atoms with van der Waals surface area (Å²) in [5.41, 5.74) is 1.20. The standard InChI is InChI=1S/C24H23N3O3/c28-21(18-8-3-1-4-9-18)22(19-10-5-2-6-11-19)30-23(29)20-12-16-27(17-13-20)24-25-14-7-15-26-24/h1-11,14-15,20,22H,12-13,16-17H2. The van der Waals surface area contributed by atoms with E-state index >= 15 is 0 Å². The summed E-state index contributed by atoms with van der Waals surface area (Å²) in [6, 6.07) is 19.9. The van der Waals surface area contributed by atoms with Crippen LogP contribution in [0.5, 0.6) is 0 Å². The van der Waals surface area contributed by atoms with E-state index in [1.54, 1.807) is 42.7 Å². The highest BCUT2D eigenvalue weighted by Crippen LogP contribution is 2.27. The molecule has 1 atom stereocenters. The van der Waals surface area contributed by atoms with Crippen molar-refractivity contribution in [2.45, 2.75) is 18.9 Å². The summed E-state index contributed by atoms with van der Waals surface area (Å²) in [6.45, 7) is 1.35. The van der Waals surface area contributed by atoms with E-state index in [0.717, 1.165) is 0 Å². The number of piperidine rings is 1. The Morgan fingerprint density at radius 3 is 2.10 bits per heavy atom. The van der Waals surface area contributed by atoms with Crippen molar-refractivity contribution in [1.29, 1.82) is 0 Å². The molecule has 0 bridgehead atoms. The number of carbonyl (C=O) groups is 2. The Kier molecular flexibility index (Phi) is 6.13. The molecular weight excluding hydrogens is 378 g/mol. The van der Waals surface area contributed by atoms with Crippen molar-refractivity contribution >= 4 is 17.7 Å². The minimum Gasteiger partial charge on any atom is -0.449 e. The lowest BCUT2D eigenvalue weighted by Crippen LogP contribution is -2.38. The average Bonchev–Trinajstić information content (AvgIpc) is 2.84. The van der Waals surface area contributed by atoms with Gasteiger partial charge in [-0.3, -0.25) is 9.59 Å². The third-order valence-electron chi connectivity index (χ3n) is 5.30. The Morgan fingerprint density at radius 2 is 1.47 bits per heavy atom. The first kappa shape index (κ1) is 19.8. The zero-order valence-corrected chi connectivity index (χ0v) is 16.6. The second kappa shape index (κ2) is 9.31. The van der Waals surface area contributed by atoms with Crippen LogP contribution in [0.1, 0.15) is 34.9 Å². The molecule has 0 spiro atoms. The van der Waals surface area contributed by atoms with E-state index in [-0.39, 0.29) is 17.7 Å². The van der Waals surface area contributed by atoms with Crippen LogP contribution in [-0.2, 0) is 9.53 Å². The number of ketones is 1. The number of Topliss-reactive ketones (excluding diaryl/α,β-unsaturated/α-hetero) is 1. The molecule has 30 heavy (non-hydrogen) atoms. The number of anilines is 1. The van der Waals surface area contributed by atoms with Crippen molar-refractivity contribution in [3.63, 3.8) is 0 Å². The fourth-order valence-corrected chi connectivity index (χ4v) is 3.64. The molecule has 0 N–H and O–H groups in total. The third kappa shape index (κ3) is 4.54. The maximum atomic E-state index is 13.1. The number of aromatic nitrogens is 2. The maximum absolute atomic E-state index is 13.1. The monoisotopic (exact) mass is 401 g/mol. The van der Waals surface area contributed by atoms with E-state index in [4.69, 9.17) is 4.74 Å². The van der Waals surface area contributed by atoms with Gasteiger partial charge in [0.15, 0.2) is 6.10 Å². The lowest BCUT2D eigenvalue weighted by Gasteiger charge is -2.31. The number of rotatable bonds is 6. The Labute approximate surface area is 175 Å². The van der Waals surface area contributed by atoms with Crippen LogP contribution in [0.3, 0.4) is 0 Å². The van der Waals surface area contributed by atoms with Crippen molar-refractivity contribution in [2.75, 3.05) is 18.0 Å². The molecule has 1 aliphatic rings. The highest BCUT2D eigenvalue weighted by atomic mass is 16.5. The summed E-state index contributed by atoms with van der Waals surface area (Å²) in [5.74, 6) is -0.127. The molecule has 0 amide bonds. The van der Waals surface area contributed by atoms with Crippen LogP contribution >= 0.6 is 0 Å². The van der Waals surface area contributed by atoms with Gasteiger partial charge < -0.3 is 9.64 Å². The van der Waals surface area contributed by atoms with E-state index in [9.17, 15) is 9.59 Å². The van der Waals surface area contributed by atoms with Crippen LogP contribution in [-0.4, -0.2) is 34.8 Å². The maximum Gasteiger partial charge on any atom is 0.310 e. The Balaban J connectivity index is 1.45. The first-order valence-corrected chi connectivity index (χ1v) is 10.1. The zero-order valence-electron chi connectivity index (χ0n) is 16.6. The molecule has 0 aliphatic carbocycles. The van der Waals surface area contributed by atoms with Gasteiger partial charge in [-0.25, -0.2) is 9.97 Å². The van der Waals surface area contributed by atoms with Gasteiger partial charge in [0.2, 0.25) is 11.7 Å². The molecule has 1 saturated heterocycles. The number of esters is 1. The topological polar surface area (TPSA) is 72.4 Å². The first-order chi connectivity index (χ1) is 14.7. The summed E-state index contributed by atoms with van der Waals surface area (Å²) >= 11 is 0. The van der Waals surface area contributed by atoms with Gasteiger partial charge in [0, 0.05) is 36.6 Å². The third-order valence-corrected chi connectivity index (χ3v) is 5.30. The molecular formula is C24H23N3O3. The normalized spacial score (nSPS) is 15.4. The summed E-state index contributed by atoms with van der Waals surface area (Å²) in [6.07, 6.45) is 3.75. The molecule has 2 aromatic carbocycles. The second-order valence-electron chi connectivity index (χ2n) is 7.27. The van der Waals surface area contributed by atoms with Gasteiger partial charge in [0.1, 0.15) is 0 Å². The lowest BCUT2D eigenvalue weighted by molar-refractivity contribution is -0.153. The molecule has 0 saturated carbocycles. The molecule has 6 heteroatoms. The first-order valence-electron chi connectivity index (χ1n) is 10.1. The molecule has 1 aliphatic heterocycles. The summed E-state index contributed by atoms with van der Waals surface area (Å²) in [4.78, 5) is 36.6. The van der Waals surface area contributed by atoms with Crippen molar-refractivity contribution in [1.82, 2.24) is 9.97 Å². The van der Waals surface area contributed by atoms with E-state index in [1.807, 2.05) is 36.4 Å². The van der Waals surface area contributed by atoms with E-state index in [2.05, 4.69) is 14.9 Å². The van der Waals surface area contributed by atoms with Gasteiger partial charge in [-0.05, 0) is 18.9 Å². The van der Waals surface area contributed by atoms with E-state index in [1.165, 1.54) is 0 Å². The Hall–Kier alpha value is -3.54. The fraction of sp³-hybridized carbons (Fsp3) is 0.250. The van der Waals surface area contributed by atoms with Crippen LogP contribution in [0.4, 0.5) is 5.95 Å². The Bertz CT molecular complexity index is 972. The number of nitrogens with zero attached hydrogens (tertiary/aromatic N) is 3. The highest BCUT2D eigenvalue weighted by molar-refractivity contribution is 6.01. The van der Waals surface area contributed by atoms with Crippen LogP contribution in [0.15, 0.2) is 79.1 Å². The molecule has 0 radical (unpaired) electrons. The smallest absolute Gasteiger partial charge is 0.310 e. The van der Waals surface area contributed by atoms with Gasteiger partial charge in [0.05, 0.1) is 5.92 Å². The van der Waals surface area contributed by atoms with Crippen LogP contribution in [0.2, 0.25) is 0 Å². The number of ether oxygens (including phenoxy) is 1. The van der Waals surface area contributed by atoms with Gasteiger partial charge in [-0.2, -0.15) is 0 Å². The van der Waals surface area contributed by atoms with E-state index in [0.29, 0.717) is 43.0 Å². The number of benzene rings is 2. The second-order valence-corrected chi connectivity index (χ2v) is 7.27. The quantitative estimate of drug-likeness (QED) is 0.461. The fourth-order valence-electron chi connectivity index (χ4n) is 3.64. The van der Waals surface area contributed by atoms with Crippen molar-refractivity contribution in [2.24, 2.45) is 5.92 Å². The Morgan fingerprint density at radius 1 is 0.867 bits per heavy atom. The van der Waals surface area contributed by atoms with Crippen LogP contribution < -0.4 is 4.90 Å². The minimum absolute atomic E-state index is 0.217. The van der Waals surface area contributed by atoms with Gasteiger partial charge >= 0.3 is 5.97 Å². The van der Waals surface area contributed by atoms with Crippen molar-refractivity contribution in [3.05, 3.63) is 90.3 Å². The lowest BCUT2D eigenvalue weighted by atomic mass is 9.96. The predicted octanol–water partition coefficient (Wildman–Crippen LogP) is 3.86. The summed E-state index contributed by atoms with van der Waals surface area (Å²) in [5, 5.41) is 0. The van der Waals surface area contributed by atoms with Gasteiger partial charge in [-0.15, -0.1) is 0 Å². The molecule has 1 aromatic heterocycles. The van der Waals surface area contributed by atoms with Crippen molar-refractivity contribution < 1.29 is 14.3 Å². The molecule has 3 aromatic rings. The SMILES string of the molecule is O=C(OC(C(=O)c1ccccc1)c1ccccc1)C1CCN(c2ncccn2)CC1. The molecule has 6 nitrogen and oxygen atoms in total. The molecule has 4 rings (SSSR count). The predicted molar refractivity (Wildman–Crippen MR) is 113 cm³/mol. The molecule has 1 fully saturated rings. The molecule has 2 heterocycles. The largest absolute Gasteiger partial charge is 0.449 e. The average molecular weight is 401 g/mol. The van der Waals surface area contributed by atoms with Gasteiger partial charge in [0.25, 0.3) is 0 Å². The van der Waals surface area contributed by atoms with Crippen LogP contribution in [0.25, 0.3) is 0 Å². The van der Waals surface area contributed by atoms with Crippen LogP contribution in [0, 0.1) is 5.92 Å². The number of hydrogen-bond acceptors (Lipinski definition) is 6. The number of hydrogen-bond donors (Lipinski definition) is 0.